The first-order valence-electron chi connectivity index (χ1n) is 10.6. The summed E-state index contributed by atoms with van der Waals surface area (Å²) < 4.78 is 46.3. The van der Waals surface area contributed by atoms with Gasteiger partial charge < -0.3 is 14.2 Å². The highest BCUT2D eigenvalue weighted by atomic mass is 32.2. The molecular formula is C25H27NO5S. The molecule has 0 aromatic heterocycles. The van der Waals surface area contributed by atoms with E-state index in [1.165, 1.54) is 0 Å². The Balaban J connectivity index is 1.68. The summed E-state index contributed by atoms with van der Waals surface area (Å²) in [5.41, 5.74) is 2.59. The first-order valence-corrected chi connectivity index (χ1v) is 12.0. The number of methoxy groups -OCH3 is 1. The monoisotopic (exact) mass is 453 g/mol. The van der Waals surface area contributed by atoms with Crippen LogP contribution < -0.4 is 18.9 Å². The van der Waals surface area contributed by atoms with Crippen molar-refractivity contribution in [3.05, 3.63) is 83.4 Å². The lowest BCUT2D eigenvalue weighted by atomic mass is 9.99. The zero-order valence-corrected chi connectivity index (χ0v) is 19.0. The van der Waals surface area contributed by atoms with Crippen molar-refractivity contribution in [2.75, 3.05) is 20.3 Å². The van der Waals surface area contributed by atoms with E-state index in [4.69, 9.17) is 14.2 Å². The fourth-order valence-electron chi connectivity index (χ4n) is 3.75. The summed E-state index contributed by atoms with van der Waals surface area (Å²) >= 11 is 0. The summed E-state index contributed by atoms with van der Waals surface area (Å²) in [5, 5.41) is 0. The molecule has 1 heterocycles. The molecule has 0 bridgehead atoms. The van der Waals surface area contributed by atoms with E-state index in [2.05, 4.69) is 4.72 Å². The Bertz CT molecular complexity index is 1180. The largest absolute Gasteiger partial charge is 0.496 e. The zero-order valence-electron chi connectivity index (χ0n) is 18.2. The van der Waals surface area contributed by atoms with Crippen molar-refractivity contribution < 1.29 is 22.6 Å². The predicted molar refractivity (Wildman–Crippen MR) is 123 cm³/mol. The van der Waals surface area contributed by atoms with E-state index in [1.54, 1.807) is 25.3 Å². The lowest BCUT2D eigenvalue weighted by Crippen LogP contribution is -2.30. The standard InChI is InChI=1S/C25H27NO5S/c1-18-15-21(10-12-23(18)29-2)32(27,28)26-22(16-19-7-4-3-5-8-19)20-9-11-24-25(17-20)31-14-6-13-30-24/h3-5,7-12,15,17,22,26H,6,13-14,16H2,1-2H3. The molecule has 1 unspecified atom stereocenters. The van der Waals surface area contributed by atoms with Crippen molar-refractivity contribution in [2.24, 2.45) is 0 Å². The van der Waals surface area contributed by atoms with Crippen molar-refractivity contribution in [1.29, 1.82) is 0 Å². The van der Waals surface area contributed by atoms with E-state index in [-0.39, 0.29) is 4.90 Å². The SMILES string of the molecule is COc1ccc(S(=O)(=O)NC(Cc2ccccc2)c2ccc3c(c2)OCCCO3)cc1C. The van der Waals surface area contributed by atoms with Crippen molar-refractivity contribution in [3.8, 4) is 17.2 Å². The average molecular weight is 454 g/mol. The van der Waals surface area contributed by atoms with Gasteiger partial charge in [-0.15, -0.1) is 0 Å². The number of sulfonamides is 1. The Morgan fingerprint density at radius 3 is 2.44 bits per heavy atom. The van der Waals surface area contributed by atoms with Crippen LogP contribution in [0.1, 0.15) is 29.2 Å². The number of fused-ring (bicyclic) bond motifs is 1. The number of ether oxygens (including phenoxy) is 3. The smallest absolute Gasteiger partial charge is 0.241 e. The van der Waals surface area contributed by atoms with Crippen LogP contribution in [0, 0.1) is 6.92 Å². The molecule has 0 saturated carbocycles. The number of hydrogen-bond acceptors (Lipinski definition) is 5. The van der Waals surface area contributed by atoms with Crippen LogP contribution in [0.4, 0.5) is 0 Å². The number of nitrogens with one attached hydrogen (secondary N) is 1. The lowest BCUT2D eigenvalue weighted by molar-refractivity contribution is 0.297. The normalized spacial score (nSPS) is 14.4. The summed E-state index contributed by atoms with van der Waals surface area (Å²) in [6.45, 7) is 2.99. The number of benzene rings is 3. The Morgan fingerprint density at radius 1 is 0.969 bits per heavy atom. The zero-order chi connectivity index (χ0) is 22.6. The number of hydrogen-bond donors (Lipinski definition) is 1. The molecule has 0 radical (unpaired) electrons. The van der Waals surface area contributed by atoms with Crippen molar-refractivity contribution >= 4 is 10.0 Å². The third-order valence-corrected chi connectivity index (χ3v) is 6.90. The number of rotatable bonds is 7. The van der Waals surface area contributed by atoms with Crippen molar-refractivity contribution in [2.45, 2.75) is 30.7 Å². The first kappa shape index (κ1) is 22.2. The fraction of sp³-hybridized carbons (Fsp3) is 0.280. The van der Waals surface area contributed by atoms with Crippen LogP contribution in [0.25, 0.3) is 0 Å². The van der Waals surface area contributed by atoms with Crippen molar-refractivity contribution in [1.82, 2.24) is 4.72 Å². The molecule has 0 saturated heterocycles. The van der Waals surface area contributed by atoms with Crippen LogP contribution in [-0.2, 0) is 16.4 Å². The molecule has 1 aliphatic rings. The van der Waals surface area contributed by atoms with E-state index >= 15 is 0 Å². The second-order valence-electron chi connectivity index (χ2n) is 7.75. The van der Waals surface area contributed by atoms with E-state index in [0.29, 0.717) is 36.9 Å². The lowest BCUT2D eigenvalue weighted by Gasteiger charge is -2.21. The number of aryl methyl sites for hydroxylation is 1. The van der Waals surface area contributed by atoms with Gasteiger partial charge >= 0.3 is 0 Å². The Hall–Kier alpha value is -3.03. The first-order chi connectivity index (χ1) is 15.5. The molecule has 3 aromatic rings. The third kappa shape index (κ3) is 5.06. The second kappa shape index (κ2) is 9.63. The maximum Gasteiger partial charge on any atom is 0.241 e. The second-order valence-corrected chi connectivity index (χ2v) is 9.47. The van der Waals surface area contributed by atoms with Gasteiger partial charge in [-0.1, -0.05) is 36.4 Å². The van der Waals surface area contributed by atoms with Gasteiger partial charge in [0.2, 0.25) is 10.0 Å². The molecule has 0 spiro atoms. The summed E-state index contributed by atoms with van der Waals surface area (Å²) in [6.07, 6.45) is 1.30. The van der Waals surface area contributed by atoms with Crippen LogP contribution in [0.3, 0.4) is 0 Å². The summed E-state index contributed by atoms with van der Waals surface area (Å²) in [5.74, 6) is 1.96. The Labute approximate surface area is 189 Å². The molecule has 1 N–H and O–H groups in total. The topological polar surface area (TPSA) is 73.9 Å². The van der Waals surface area contributed by atoms with Gasteiger partial charge in [-0.2, -0.15) is 0 Å². The van der Waals surface area contributed by atoms with E-state index in [0.717, 1.165) is 23.1 Å². The van der Waals surface area contributed by atoms with Gasteiger partial charge in [-0.25, -0.2) is 13.1 Å². The molecule has 1 aliphatic heterocycles. The van der Waals surface area contributed by atoms with Crippen LogP contribution in [-0.4, -0.2) is 28.7 Å². The molecule has 6 nitrogen and oxygen atoms in total. The van der Waals surface area contributed by atoms with Crippen LogP contribution in [0.2, 0.25) is 0 Å². The molecule has 32 heavy (non-hydrogen) atoms. The van der Waals surface area contributed by atoms with Gasteiger partial charge in [0, 0.05) is 6.42 Å². The highest BCUT2D eigenvalue weighted by Crippen LogP contribution is 2.34. The molecule has 7 heteroatoms. The molecule has 4 rings (SSSR count). The van der Waals surface area contributed by atoms with Gasteiger partial charge in [0.15, 0.2) is 11.5 Å². The minimum Gasteiger partial charge on any atom is -0.496 e. The van der Waals surface area contributed by atoms with Crippen LogP contribution in [0.5, 0.6) is 17.2 Å². The Morgan fingerprint density at radius 2 is 1.72 bits per heavy atom. The van der Waals surface area contributed by atoms with Gasteiger partial charge in [0.05, 0.1) is 31.3 Å². The molecule has 168 valence electrons. The summed E-state index contributed by atoms with van der Waals surface area (Å²) in [6, 6.07) is 19.8. The Kier molecular flexibility index (Phi) is 6.67. The van der Waals surface area contributed by atoms with Crippen LogP contribution >= 0.6 is 0 Å². The molecular weight excluding hydrogens is 426 g/mol. The minimum absolute atomic E-state index is 0.197. The van der Waals surface area contributed by atoms with Gasteiger partial charge in [-0.05, 0) is 60.4 Å². The van der Waals surface area contributed by atoms with Gasteiger partial charge in [0.25, 0.3) is 0 Å². The average Bonchev–Trinajstić information content (AvgIpc) is 3.04. The van der Waals surface area contributed by atoms with Crippen molar-refractivity contribution in [3.63, 3.8) is 0 Å². The summed E-state index contributed by atoms with van der Waals surface area (Å²) in [7, 11) is -2.22. The molecule has 3 aromatic carbocycles. The maximum absolute atomic E-state index is 13.3. The molecule has 0 amide bonds. The highest BCUT2D eigenvalue weighted by molar-refractivity contribution is 7.89. The maximum atomic E-state index is 13.3. The quantitative estimate of drug-likeness (QED) is 0.573. The predicted octanol–water partition coefficient (Wildman–Crippen LogP) is 4.43. The van der Waals surface area contributed by atoms with Crippen LogP contribution in [0.15, 0.2) is 71.6 Å². The molecule has 0 aliphatic carbocycles. The molecule has 1 atom stereocenters. The van der Waals surface area contributed by atoms with Gasteiger partial charge in [0.1, 0.15) is 5.75 Å². The van der Waals surface area contributed by atoms with Gasteiger partial charge in [-0.3, -0.25) is 0 Å². The van der Waals surface area contributed by atoms with E-state index < -0.39 is 16.1 Å². The fourth-order valence-corrected chi connectivity index (χ4v) is 5.06. The minimum atomic E-state index is -3.78. The van der Waals surface area contributed by atoms with E-state index in [1.807, 2.05) is 55.5 Å². The summed E-state index contributed by atoms with van der Waals surface area (Å²) in [4.78, 5) is 0.197. The highest BCUT2D eigenvalue weighted by Gasteiger charge is 2.24. The third-order valence-electron chi connectivity index (χ3n) is 5.43. The van der Waals surface area contributed by atoms with E-state index in [9.17, 15) is 8.42 Å². The molecule has 0 fully saturated rings.